The fourth-order valence-corrected chi connectivity index (χ4v) is 4.49. The van der Waals surface area contributed by atoms with E-state index in [0.717, 1.165) is 10.1 Å². The molecule has 2 N–H and O–H groups in total. The Morgan fingerprint density at radius 3 is 2.54 bits per heavy atom. The fraction of sp³-hybridized carbons (Fsp3) is 0.0400. The number of ether oxygens (including phenoxy) is 2. The second-order valence-electron chi connectivity index (χ2n) is 7.06. The molecule has 3 aromatic carbocycles. The Bertz CT molecular complexity index is 1450. The number of carbonyl (C=O) groups excluding carboxylic acids is 3. The van der Waals surface area contributed by atoms with Crippen molar-refractivity contribution in [1.29, 1.82) is 0 Å². The van der Waals surface area contributed by atoms with Crippen molar-refractivity contribution in [3.63, 3.8) is 0 Å². The van der Waals surface area contributed by atoms with Gasteiger partial charge >= 0.3 is 17.8 Å². The van der Waals surface area contributed by atoms with E-state index >= 15 is 0 Å². The maximum atomic E-state index is 12.6. The van der Waals surface area contributed by atoms with Crippen molar-refractivity contribution < 1.29 is 23.9 Å². The zero-order valence-corrected chi connectivity index (χ0v) is 19.9. The average molecular weight is 508 g/mol. The molecule has 35 heavy (non-hydrogen) atoms. The fourth-order valence-electron chi connectivity index (χ4n) is 3.10. The lowest BCUT2D eigenvalue weighted by atomic mass is 10.2. The number of para-hydroxylation sites is 2. The second kappa shape index (κ2) is 10.8. The number of rotatable bonds is 6. The van der Waals surface area contributed by atoms with E-state index in [9.17, 15) is 14.4 Å². The van der Waals surface area contributed by atoms with Gasteiger partial charge < -0.3 is 14.8 Å². The first-order valence-corrected chi connectivity index (χ1v) is 11.4. The Morgan fingerprint density at radius 1 is 0.971 bits per heavy atom. The van der Waals surface area contributed by atoms with Gasteiger partial charge in [-0.1, -0.05) is 54.1 Å². The van der Waals surface area contributed by atoms with E-state index in [4.69, 9.17) is 21.1 Å². The summed E-state index contributed by atoms with van der Waals surface area (Å²) in [5, 5.41) is 7.38. The highest BCUT2D eigenvalue weighted by Gasteiger charge is 2.19. The topological polar surface area (TPSA) is 106 Å². The number of nitrogens with one attached hydrogen (secondary N) is 2. The molecule has 8 nitrogen and oxygen atoms in total. The van der Waals surface area contributed by atoms with Crippen LogP contribution in [0, 0.1) is 0 Å². The highest BCUT2D eigenvalue weighted by atomic mass is 35.5. The van der Waals surface area contributed by atoms with Gasteiger partial charge in [0.15, 0.2) is 0 Å². The quantitative estimate of drug-likeness (QED) is 0.127. The number of methoxy groups -OCH3 is 1. The van der Waals surface area contributed by atoms with Crippen LogP contribution in [0.4, 0.5) is 5.69 Å². The Labute approximate surface area is 209 Å². The van der Waals surface area contributed by atoms with Crippen LogP contribution in [0.25, 0.3) is 10.1 Å². The minimum Gasteiger partial charge on any atom is -0.495 e. The lowest BCUT2D eigenvalue weighted by Crippen LogP contribution is -2.32. The average Bonchev–Trinajstić information content (AvgIpc) is 3.21. The molecule has 4 rings (SSSR count). The molecule has 0 aliphatic heterocycles. The van der Waals surface area contributed by atoms with E-state index in [1.807, 2.05) is 24.3 Å². The molecule has 0 aliphatic carbocycles. The van der Waals surface area contributed by atoms with Crippen molar-refractivity contribution >= 4 is 62.7 Å². The zero-order chi connectivity index (χ0) is 24.8. The molecule has 176 valence electrons. The predicted octanol–water partition coefficient (Wildman–Crippen LogP) is 4.87. The van der Waals surface area contributed by atoms with Gasteiger partial charge in [0.1, 0.15) is 16.4 Å². The van der Waals surface area contributed by atoms with Crippen LogP contribution < -0.4 is 20.2 Å². The number of halogens is 1. The standard InChI is InChI=1S/C25H18ClN3O5S/c1-33-19-11-4-3-10-18(19)28-23(30)24(31)29-27-14-15-7-6-8-16(13-15)34-25(32)22-21(26)17-9-2-5-12-20(17)35-22/h2-14H,1H3,(H,28,30)(H,29,31). The number of hydrogen-bond acceptors (Lipinski definition) is 7. The van der Waals surface area contributed by atoms with E-state index in [2.05, 4.69) is 15.8 Å². The van der Waals surface area contributed by atoms with Crippen LogP contribution in [0.2, 0.25) is 5.02 Å². The Kier molecular flexibility index (Phi) is 7.39. The van der Waals surface area contributed by atoms with E-state index in [-0.39, 0.29) is 5.75 Å². The summed E-state index contributed by atoms with van der Waals surface area (Å²) in [6.07, 6.45) is 1.32. The van der Waals surface area contributed by atoms with Crippen molar-refractivity contribution in [1.82, 2.24) is 5.43 Å². The summed E-state index contributed by atoms with van der Waals surface area (Å²) >= 11 is 7.60. The molecule has 2 amide bonds. The molecule has 0 saturated carbocycles. The summed E-state index contributed by atoms with van der Waals surface area (Å²) in [6.45, 7) is 0. The Morgan fingerprint density at radius 2 is 1.74 bits per heavy atom. The molecule has 4 aromatic rings. The van der Waals surface area contributed by atoms with Crippen LogP contribution in [-0.2, 0) is 9.59 Å². The first kappa shape index (κ1) is 23.9. The molecule has 1 heterocycles. The molecule has 0 saturated heterocycles. The van der Waals surface area contributed by atoms with Crippen LogP contribution in [0.3, 0.4) is 0 Å². The van der Waals surface area contributed by atoms with Crippen molar-refractivity contribution in [2.24, 2.45) is 5.10 Å². The monoisotopic (exact) mass is 507 g/mol. The van der Waals surface area contributed by atoms with Gasteiger partial charge in [-0.15, -0.1) is 11.3 Å². The molecule has 0 radical (unpaired) electrons. The third-order valence-corrected chi connectivity index (χ3v) is 6.39. The maximum absolute atomic E-state index is 12.6. The lowest BCUT2D eigenvalue weighted by Gasteiger charge is -2.08. The number of esters is 1. The first-order valence-electron chi connectivity index (χ1n) is 10.2. The van der Waals surface area contributed by atoms with Crippen LogP contribution >= 0.6 is 22.9 Å². The van der Waals surface area contributed by atoms with E-state index < -0.39 is 17.8 Å². The summed E-state index contributed by atoms with van der Waals surface area (Å²) < 4.78 is 11.5. The first-order chi connectivity index (χ1) is 17.0. The molecule has 0 aliphatic rings. The van der Waals surface area contributed by atoms with Crippen molar-refractivity contribution in [2.45, 2.75) is 0 Å². The normalized spacial score (nSPS) is 10.8. The van der Waals surface area contributed by atoms with Gasteiger partial charge in [-0.2, -0.15) is 5.10 Å². The van der Waals surface area contributed by atoms with Gasteiger partial charge in [-0.05, 0) is 35.9 Å². The molecular formula is C25H18ClN3O5S. The number of carbonyl (C=O) groups is 3. The maximum Gasteiger partial charge on any atom is 0.355 e. The Hall–Kier alpha value is -4.21. The molecule has 0 fully saturated rings. The highest BCUT2D eigenvalue weighted by molar-refractivity contribution is 7.21. The van der Waals surface area contributed by atoms with Crippen molar-refractivity contribution in [3.8, 4) is 11.5 Å². The van der Waals surface area contributed by atoms with Gasteiger partial charge in [-0.25, -0.2) is 10.2 Å². The summed E-state index contributed by atoms with van der Waals surface area (Å²) in [4.78, 5) is 37.1. The number of benzene rings is 3. The lowest BCUT2D eigenvalue weighted by molar-refractivity contribution is -0.136. The largest absolute Gasteiger partial charge is 0.495 e. The SMILES string of the molecule is COc1ccccc1NC(=O)C(=O)NN=Cc1cccc(OC(=O)c2sc3ccccc3c2Cl)c1. The molecule has 0 atom stereocenters. The predicted molar refractivity (Wildman–Crippen MR) is 136 cm³/mol. The summed E-state index contributed by atoms with van der Waals surface area (Å²) in [5.41, 5.74) is 3.04. The smallest absolute Gasteiger partial charge is 0.355 e. The van der Waals surface area contributed by atoms with E-state index in [0.29, 0.717) is 26.9 Å². The number of fused-ring (bicyclic) bond motifs is 1. The van der Waals surface area contributed by atoms with Gasteiger partial charge in [0.25, 0.3) is 0 Å². The highest BCUT2D eigenvalue weighted by Crippen LogP contribution is 2.35. The van der Waals surface area contributed by atoms with Crippen molar-refractivity contribution in [3.05, 3.63) is 88.3 Å². The molecule has 0 unspecified atom stereocenters. The molecule has 0 bridgehead atoms. The van der Waals surface area contributed by atoms with Gasteiger partial charge in [0.2, 0.25) is 0 Å². The third kappa shape index (κ3) is 5.65. The molecular weight excluding hydrogens is 490 g/mol. The van der Waals surface area contributed by atoms with Crippen molar-refractivity contribution in [2.75, 3.05) is 12.4 Å². The molecule has 0 spiro atoms. The summed E-state index contributed by atoms with van der Waals surface area (Å²) in [6, 6.07) is 20.6. The number of anilines is 1. The summed E-state index contributed by atoms with van der Waals surface area (Å²) in [5.74, 6) is -1.76. The molecule has 10 heteroatoms. The number of hydrazone groups is 1. The van der Waals surface area contributed by atoms with Gasteiger partial charge in [0, 0.05) is 10.1 Å². The second-order valence-corrected chi connectivity index (χ2v) is 8.49. The number of nitrogens with zero attached hydrogens (tertiary/aromatic N) is 1. The third-order valence-electron chi connectivity index (χ3n) is 4.73. The van der Waals surface area contributed by atoms with Crippen LogP contribution in [0.5, 0.6) is 11.5 Å². The number of amides is 2. The Balaban J connectivity index is 1.37. The number of thiophene rings is 1. The van der Waals surface area contributed by atoms with Crippen LogP contribution in [-0.4, -0.2) is 31.1 Å². The van der Waals surface area contributed by atoms with E-state index in [1.165, 1.54) is 24.7 Å². The van der Waals surface area contributed by atoms with E-state index in [1.54, 1.807) is 48.5 Å². The van der Waals surface area contributed by atoms with Crippen LogP contribution in [0.15, 0.2) is 77.9 Å². The molecule has 1 aromatic heterocycles. The van der Waals surface area contributed by atoms with Gasteiger partial charge in [-0.3, -0.25) is 9.59 Å². The minimum atomic E-state index is -0.964. The van der Waals surface area contributed by atoms with Crippen LogP contribution in [0.1, 0.15) is 15.2 Å². The summed E-state index contributed by atoms with van der Waals surface area (Å²) in [7, 11) is 1.46. The number of hydrogen-bond donors (Lipinski definition) is 2. The van der Waals surface area contributed by atoms with Gasteiger partial charge in [0.05, 0.1) is 24.0 Å². The zero-order valence-electron chi connectivity index (χ0n) is 18.3. The minimum absolute atomic E-state index is 0.271.